The summed E-state index contributed by atoms with van der Waals surface area (Å²) < 4.78 is 0. The second-order valence-electron chi connectivity index (χ2n) is 4.41. The molecule has 0 aliphatic heterocycles. The summed E-state index contributed by atoms with van der Waals surface area (Å²) in [5, 5.41) is 2.43. The number of hydrogen-bond acceptors (Lipinski definition) is 4. The molecule has 6 heteroatoms. The van der Waals surface area contributed by atoms with Crippen LogP contribution in [-0.2, 0) is 14.4 Å². The van der Waals surface area contributed by atoms with E-state index in [1.165, 1.54) is 19.0 Å². The highest BCUT2D eigenvalue weighted by Crippen LogP contribution is 2.23. The fourth-order valence-electron chi connectivity index (χ4n) is 2.13. The minimum absolute atomic E-state index is 0.0616. The summed E-state index contributed by atoms with van der Waals surface area (Å²) in [6.45, 7) is 1.63. The second kappa shape index (κ2) is 5.75. The number of amides is 2. The fourth-order valence-corrected chi connectivity index (χ4v) is 2.13. The number of nitrogens with zero attached hydrogens (tertiary/aromatic N) is 1. The van der Waals surface area contributed by atoms with Gasteiger partial charge in [0.25, 0.3) is 0 Å². The molecule has 0 unspecified atom stereocenters. The lowest BCUT2D eigenvalue weighted by molar-refractivity contribution is -0.143. The summed E-state index contributed by atoms with van der Waals surface area (Å²) in [7, 11) is 3.01. The molecule has 0 aromatic carbocycles. The van der Waals surface area contributed by atoms with Crippen molar-refractivity contribution >= 4 is 23.4 Å². The molecule has 1 saturated carbocycles. The lowest BCUT2D eigenvalue weighted by atomic mass is 9.80. The molecule has 1 aliphatic carbocycles. The Balaban J connectivity index is 2.79. The topological polar surface area (TPSA) is 83.6 Å². The van der Waals surface area contributed by atoms with Gasteiger partial charge in [-0.2, -0.15) is 0 Å². The highest BCUT2D eigenvalue weighted by Gasteiger charge is 2.41. The van der Waals surface area contributed by atoms with Gasteiger partial charge >= 0.3 is 6.03 Å². The van der Waals surface area contributed by atoms with E-state index in [-0.39, 0.29) is 42.6 Å². The van der Waals surface area contributed by atoms with Crippen LogP contribution in [0.4, 0.5) is 4.79 Å². The third-order valence-corrected chi connectivity index (χ3v) is 3.27. The Morgan fingerprint density at radius 1 is 1.28 bits per heavy atom. The molecule has 0 aromatic rings. The van der Waals surface area contributed by atoms with Gasteiger partial charge in [0.15, 0.2) is 17.3 Å². The Bertz CT molecular complexity index is 374. The van der Waals surface area contributed by atoms with Crippen molar-refractivity contribution in [2.75, 3.05) is 14.1 Å². The van der Waals surface area contributed by atoms with Crippen molar-refractivity contribution in [1.29, 1.82) is 0 Å². The monoisotopic (exact) mass is 254 g/mol. The molecule has 6 nitrogen and oxygen atoms in total. The average Bonchev–Trinajstić information content (AvgIpc) is 2.35. The van der Waals surface area contributed by atoms with E-state index in [2.05, 4.69) is 5.32 Å². The summed E-state index contributed by atoms with van der Waals surface area (Å²) in [6.07, 6.45) is 0.302. The molecule has 1 aliphatic rings. The van der Waals surface area contributed by atoms with E-state index in [9.17, 15) is 19.2 Å². The standard InChI is InChI=1S/C12H18N2O4/c1-4-8(15)11-9(16)5-7(6-10(11)17)14(3)12(18)13-2/h7,11H,4-6H2,1-3H3,(H,13,18). The lowest BCUT2D eigenvalue weighted by Crippen LogP contribution is -2.50. The van der Waals surface area contributed by atoms with Crippen LogP contribution in [0.2, 0.25) is 0 Å². The van der Waals surface area contributed by atoms with E-state index in [4.69, 9.17) is 0 Å². The second-order valence-corrected chi connectivity index (χ2v) is 4.41. The number of ketones is 3. The van der Waals surface area contributed by atoms with Crippen LogP contribution in [0.5, 0.6) is 0 Å². The number of hydrogen-bond donors (Lipinski definition) is 1. The van der Waals surface area contributed by atoms with Crippen LogP contribution in [-0.4, -0.2) is 48.4 Å². The first kappa shape index (κ1) is 14.3. The Morgan fingerprint density at radius 3 is 2.17 bits per heavy atom. The normalized spacial score (nSPS) is 23.7. The first-order valence-corrected chi connectivity index (χ1v) is 5.95. The first-order valence-electron chi connectivity index (χ1n) is 5.95. The van der Waals surface area contributed by atoms with Crippen molar-refractivity contribution in [1.82, 2.24) is 10.2 Å². The number of rotatable bonds is 3. The quantitative estimate of drug-likeness (QED) is 0.727. The molecule has 1 fully saturated rings. The van der Waals surface area contributed by atoms with Crippen molar-refractivity contribution in [3.63, 3.8) is 0 Å². The van der Waals surface area contributed by atoms with Crippen molar-refractivity contribution in [2.24, 2.45) is 5.92 Å². The fraction of sp³-hybridized carbons (Fsp3) is 0.667. The van der Waals surface area contributed by atoms with Gasteiger partial charge in [0.05, 0.1) is 0 Å². The van der Waals surface area contributed by atoms with Gasteiger partial charge in [0, 0.05) is 39.4 Å². The van der Waals surface area contributed by atoms with Crippen LogP contribution in [0.1, 0.15) is 26.2 Å². The third-order valence-electron chi connectivity index (χ3n) is 3.27. The number of carbonyl (C=O) groups is 4. The molecule has 0 heterocycles. The molecule has 0 radical (unpaired) electrons. The highest BCUT2D eigenvalue weighted by atomic mass is 16.2. The van der Waals surface area contributed by atoms with Crippen LogP contribution in [0.25, 0.3) is 0 Å². The lowest BCUT2D eigenvalue weighted by Gasteiger charge is -2.32. The van der Waals surface area contributed by atoms with Gasteiger partial charge in [0.2, 0.25) is 0 Å². The zero-order chi connectivity index (χ0) is 13.9. The minimum atomic E-state index is -1.11. The van der Waals surface area contributed by atoms with Gasteiger partial charge in [0.1, 0.15) is 5.92 Å². The Morgan fingerprint density at radius 2 is 1.78 bits per heavy atom. The first-order chi connectivity index (χ1) is 8.42. The molecular formula is C12H18N2O4. The van der Waals surface area contributed by atoms with Crippen LogP contribution in [0, 0.1) is 5.92 Å². The molecule has 0 atom stereocenters. The SMILES string of the molecule is CCC(=O)C1C(=O)CC(N(C)C(=O)NC)CC1=O. The molecular weight excluding hydrogens is 236 g/mol. The van der Waals surface area contributed by atoms with Gasteiger partial charge in [-0.15, -0.1) is 0 Å². The molecule has 0 bridgehead atoms. The number of nitrogens with one attached hydrogen (secondary N) is 1. The predicted molar refractivity (Wildman–Crippen MR) is 64.0 cm³/mol. The zero-order valence-corrected chi connectivity index (χ0v) is 10.9. The van der Waals surface area contributed by atoms with Crippen LogP contribution in [0.3, 0.4) is 0 Å². The third kappa shape index (κ3) is 2.75. The van der Waals surface area contributed by atoms with Crippen LogP contribution >= 0.6 is 0 Å². The van der Waals surface area contributed by atoms with Gasteiger partial charge < -0.3 is 10.2 Å². The molecule has 2 amide bonds. The number of urea groups is 1. The maximum atomic E-state index is 11.8. The molecule has 18 heavy (non-hydrogen) atoms. The van der Waals surface area contributed by atoms with E-state index in [0.717, 1.165) is 0 Å². The molecule has 0 spiro atoms. The van der Waals surface area contributed by atoms with Gasteiger partial charge in [-0.05, 0) is 0 Å². The van der Waals surface area contributed by atoms with E-state index < -0.39 is 12.0 Å². The van der Waals surface area contributed by atoms with Crippen LogP contribution < -0.4 is 5.32 Å². The maximum absolute atomic E-state index is 11.8. The van der Waals surface area contributed by atoms with Crippen molar-refractivity contribution in [3.8, 4) is 0 Å². The van der Waals surface area contributed by atoms with Crippen molar-refractivity contribution in [2.45, 2.75) is 32.2 Å². The van der Waals surface area contributed by atoms with Crippen LogP contribution in [0.15, 0.2) is 0 Å². The predicted octanol–water partition coefficient (Wildman–Crippen LogP) is 0.154. The van der Waals surface area contributed by atoms with Crippen molar-refractivity contribution < 1.29 is 19.2 Å². The zero-order valence-electron chi connectivity index (χ0n) is 10.9. The highest BCUT2D eigenvalue weighted by molar-refractivity contribution is 6.20. The van der Waals surface area contributed by atoms with E-state index in [1.807, 2.05) is 0 Å². The molecule has 0 aromatic heterocycles. The van der Waals surface area contributed by atoms with E-state index in [1.54, 1.807) is 6.92 Å². The number of carbonyl (C=O) groups excluding carboxylic acids is 4. The smallest absolute Gasteiger partial charge is 0.317 e. The van der Waals surface area contributed by atoms with E-state index >= 15 is 0 Å². The average molecular weight is 254 g/mol. The maximum Gasteiger partial charge on any atom is 0.317 e. The van der Waals surface area contributed by atoms with Gasteiger partial charge in [-0.1, -0.05) is 6.92 Å². The summed E-state index contributed by atoms with van der Waals surface area (Å²) in [5.41, 5.74) is 0. The summed E-state index contributed by atoms with van der Waals surface area (Å²) >= 11 is 0. The van der Waals surface area contributed by atoms with Gasteiger partial charge in [-0.3, -0.25) is 14.4 Å². The largest absolute Gasteiger partial charge is 0.341 e. The Labute approximate surface area is 106 Å². The molecule has 1 rings (SSSR count). The molecule has 0 saturated heterocycles. The summed E-state index contributed by atoms with van der Waals surface area (Å²) in [5.74, 6) is -2.19. The molecule has 1 N–H and O–H groups in total. The molecule has 100 valence electrons. The van der Waals surface area contributed by atoms with E-state index in [0.29, 0.717) is 0 Å². The summed E-state index contributed by atoms with van der Waals surface area (Å²) in [4.78, 5) is 47.9. The Hall–Kier alpha value is -1.72. The minimum Gasteiger partial charge on any atom is -0.341 e. The Kier molecular flexibility index (Phi) is 4.58. The number of Topliss-reactive ketones (excluding diaryl/α,β-unsaturated/α-hetero) is 3. The van der Waals surface area contributed by atoms with Crippen molar-refractivity contribution in [3.05, 3.63) is 0 Å². The van der Waals surface area contributed by atoms with Gasteiger partial charge in [-0.25, -0.2) is 4.79 Å². The summed E-state index contributed by atoms with van der Waals surface area (Å²) in [6, 6.07) is -0.799.